The van der Waals surface area contributed by atoms with E-state index in [1.165, 1.54) is 21.7 Å². The third-order valence-corrected chi connectivity index (χ3v) is 74.8. The molecule has 5 rings (SSSR count). The zero-order chi connectivity index (χ0) is 38.5. The van der Waals surface area contributed by atoms with Gasteiger partial charge in [0.2, 0.25) is 0 Å². The predicted molar refractivity (Wildman–Crippen MR) is 313 cm³/mol. The molecule has 0 aliphatic heterocycles. The summed E-state index contributed by atoms with van der Waals surface area (Å²) in [5.41, 5.74) is 5.77. The Kier molecular flexibility index (Phi) is 59.2. The number of hydrogen-bond donors (Lipinski definition) is 0. The molecule has 0 saturated carbocycles. The average molecular weight is 1070 g/mol. The predicted octanol–water partition coefficient (Wildman–Crippen LogP) is 14.4. The van der Waals surface area contributed by atoms with Crippen LogP contribution in [0.5, 0.6) is 0 Å². The van der Waals surface area contributed by atoms with Gasteiger partial charge in [-0.05, 0) is 74.4 Å². The molecule has 0 aliphatic rings. The van der Waals surface area contributed by atoms with Gasteiger partial charge in [0.1, 0.15) is 12.0 Å². The average Bonchev–Trinajstić information content (AvgIpc) is 3.20. The van der Waals surface area contributed by atoms with Gasteiger partial charge in [-0.25, -0.2) is 0 Å². The van der Waals surface area contributed by atoms with E-state index in [0.717, 1.165) is 0 Å². The van der Waals surface area contributed by atoms with E-state index in [2.05, 4.69) is 179 Å². The normalized spacial score (nSPS) is 9.22. The van der Waals surface area contributed by atoms with Gasteiger partial charge in [0.25, 0.3) is 0 Å². The zero-order valence-electron chi connectivity index (χ0n) is 29.4. The van der Waals surface area contributed by atoms with Crippen molar-refractivity contribution in [3.63, 3.8) is 0 Å². The van der Waals surface area contributed by atoms with Crippen LogP contribution in [0.2, 0.25) is 0 Å². The van der Waals surface area contributed by atoms with Crippen molar-refractivity contribution in [3.05, 3.63) is 158 Å². The smallest absolute Gasteiger partial charge is 0.691 e. The van der Waals surface area contributed by atoms with E-state index in [9.17, 15) is 5.26 Å². The molecular formula is C42H64NaO3P13S. The largest absolute Gasteiger partial charge is 1.00 e. The third kappa shape index (κ3) is 34.0. The zero-order valence-corrected chi connectivity index (χ0v) is 45.6. The maximum Gasteiger partial charge on any atom is 1.00 e. The van der Waals surface area contributed by atoms with Crippen LogP contribution >= 0.6 is 117 Å². The third-order valence-electron chi connectivity index (χ3n) is 5.92. The second kappa shape index (κ2) is 48.5. The first-order valence-corrected chi connectivity index (χ1v) is 38.1. The first-order chi connectivity index (χ1) is 25.8. The molecule has 8 atom stereocenters. The van der Waals surface area contributed by atoms with Crippen LogP contribution in [-0.4, -0.2) is 0 Å². The van der Waals surface area contributed by atoms with Crippen LogP contribution in [0, 0.1) is 34.6 Å². The van der Waals surface area contributed by atoms with E-state index >= 15 is 0 Å². The van der Waals surface area contributed by atoms with Crippen molar-refractivity contribution in [2.24, 2.45) is 0 Å². The topological polar surface area (TPSA) is 41.5 Å². The minimum atomic E-state index is -0.784. The van der Waals surface area contributed by atoms with Gasteiger partial charge in [-0.3, -0.25) is 5.04 Å². The first kappa shape index (κ1) is 73.2. The molecule has 18 heteroatoms. The summed E-state index contributed by atoms with van der Waals surface area (Å²) < 4.78 is 3.98. The Balaban J connectivity index is -0.000000170. The van der Waals surface area contributed by atoms with E-state index in [0.29, 0.717) is 12.0 Å². The van der Waals surface area contributed by atoms with Gasteiger partial charge in [0.05, 0.1) is 0 Å². The molecule has 0 aliphatic carbocycles. The maximum absolute atomic E-state index is 9.54. The molecule has 8 unspecified atom stereocenters. The summed E-state index contributed by atoms with van der Waals surface area (Å²) in [6.07, 6.45) is 0. The molecule has 322 valence electrons. The molecule has 0 fully saturated rings. The molecule has 0 N–H and O–H groups in total. The molecular weight excluding hydrogens is 1010 g/mol. The molecule has 0 heterocycles. The van der Waals surface area contributed by atoms with Crippen molar-refractivity contribution in [3.8, 4) is 45.7 Å². The molecule has 60 heavy (non-hydrogen) atoms. The summed E-state index contributed by atoms with van der Waals surface area (Å²) in [5.74, 6) is 10.6. The van der Waals surface area contributed by atoms with Crippen LogP contribution in [0.15, 0.2) is 158 Å². The van der Waals surface area contributed by atoms with Crippen LogP contribution < -0.4 is 45.4 Å². The van der Waals surface area contributed by atoms with Gasteiger partial charge in [-0.1, -0.05) is 208 Å². The summed E-state index contributed by atoms with van der Waals surface area (Å²) >= 11 is 0.569. The summed E-state index contributed by atoms with van der Waals surface area (Å²) in [6.45, 7) is 0.700. The van der Waals surface area contributed by atoms with Gasteiger partial charge >= 0.3 is 29.6 Å². The number of hydrogen-bond acceptors (Lipinski definition) is 4. The minimum Gasteiger partial charge on any atom is -0.691 e. The first-order valence-electron chi connectivity index (χ1n) is 15.1. The summed E-state index contributed by atoms with van der Waals surface area (Å²) in [4.78, 5) is 0. The van der Waals surface area contributed by atoms with Crippen molar-refractivity contribution in [1.82, 2.24) is 0 Å². The van der Waals surface area contributed by atoms with Crippen LogP contribution in [0.1, 0.15) is 44.6 Å². The Hall–Kier alpha value is 1.60. The van der Waals surface area contributed by atoms with Crippen molar-refractivity contribution >= 4 is 128 Å². The van der Waals surface area contributed by atoms with Gasteiger partial charge in [-0.15, -0.1) is 62.5 Å². The van der Waals surface area contributed by atoms with Crippen molar-refractivity contribution in [1.29, 1.82) is 0 Å². The standard InChI is InChI=1S/C18H11O3PS.C12H10.C6H6.6CH4.Na.H14P12/c19-20-21-23-16-10-2-1-9-15-22(17-11-5-3-6-12-17)18-13-7-4-8-14-18;1-3-7-11(8-4-1)12-9-5-2-6-10-12;1-2-4-6-5-3-1;;;;;;;;1-8(2)11(7)12(9(3)4)10(5)6/h3-8,11-14,19H;1-10H;1-6H;6*1H4;;1-7H2/q;;;;;;;;;+1;/p-1. The Bertz CT molecular complexity index is 1750. The monoisotopic (exact) mass is 1070 g/mol. The quantitative estimate of drug-likeness (QED) is 0.0281. The van der Waals surface area contributed by atoms with Crippen LogP contribution in [0.3, 0.4) is 0 Å². The van der Waals surface area contributed by atoms with Gasteiger partial charge < -0.3 is 5.26 Å². The number of benzene rings is 5. The van der Waals surface area contributed by atoms with E-state index in [-0.39, 0.29) is 109 Å². The molecule has 0 amide bonds. The number of rotatable bonds is 9. The summed E-state index contributed by atoms with van der Waals surface area (Å²) in [7, 11) is 20.2. The Morgan fingerprint density at radius 3 is 1.05 bits per heavy atom. The molecule has 0 aromatic heterocycles. The molecule has 0 spiro atoms. The van der Waals surface area contributed by atoms with Gasteiger partial charge in [-0.2, -0.15) is 4.33 Å². The molecule has 5 aromatic carbocycles. The van der Waals surface area contributed by atoms with Gasteiger partial charge in [0, 0.05) is 19.1 Å². The van der Waals surface area contributed by atoms with Crippen LogP contribution in [0.25, 0.3) is 11.1 Å². The van der Waals surface area contributed by atoms with Crippen molar-refractivity contribution in [2.75, 3.05) is 0 Å². The Morgan fingerprint density at radius 1 is 0.433 bits per heavy atom. The fourth-order valence-electron chi connectivity index (χ4n) is 3.73. The molecule has 0 bridgehead atoms. The van der Waals surface area contributed by atoms with Crippen LogP contribution in [0.4, 0.5) is 0 Å². The second-order valence-electron chi connectivity index (χ2n) is 9.56. The van der Waals surface area contributed by atoms with Crippen molar-refractivity contribution in [2.45, 2.75) is 44.6 Å². The van der Waals surface area contributed by atoms with E-state index in [1.807, 2.05) is 84.9 Å². The van der Waals surface area contributed by atoms with E-state index < -0.39 is 7.92 Å². The van der Waals surface area contributed by atoms with Gasteiger partial charge in [0.15, 0.2) is 0 Å². The van der Waals surface area contributed by atoms with E-state index in [1.54, 1.807) is 0 Å². The summed E-state index contributed by atoms with van der Waals surface area (Å²) in [6, 6.07) is 53.0. The molecule has 5 aromatic rings. The minimum absolute atomic E-state index is 0. The van der Waals surface area contributed by atoms with E-state index in [4.69, 9.17) is 0 Å². The molecule has 0 saturated heterocycles. The van der Waals surface area contributed by atoms with Crippen molar-refractivity contribution < 1.29 is 44.2 Å². The molecule has 0 radical (unpaired) electrons. The summed E-state index contributed by atoms with van der Waals surface area (Å²) in [5, 5.41) is 17.4. The fourth-order valence-corrected chi connectivity index (χ4v) is 108. The second-order valence-corrected chi connectivity index (χ2v) is 56.9. The fraction of sp³-hybridized carbons (Fsp3) is 0.143. The Labute approximate surface area is 416 Å². The SMILES string of the molecule is C.C.C.C.C.C.PP(P)P(P)P(P(P)P)P(P)P.[Na+].[O-]OOSC#CC#CC#CP(c1ccccc1)c1ccccc1.c1ccc(-c2ccccc2)cc1.c1ccccc1. The Morgan fingerprint density at radius 2 is 0.750 bits per heavy atom. The molecule has 3 nitrogen and oxygen atoms in total. The maximum atomic E-state index is 9.54. The van der Waals surface area contributed by atoms with Crippen LogP contribution in [-0.2, 0) is 9.37 Å².